The maximum atomic E-state index is 12.3. The van der Waals surface area contributed by atoms with Crippen molar-refractivity contribution in [1.29, 1.82) is 0 Å². The lowest BCUT2D eigenvalue weighted by Crippen LogP contribution is -2.33. The summed E-state index contributed by atoms with van der Waals surface area (Å²) >= 11 is 0. The van der Waals surface area contributed by atoms with Crippen LogP contribution in [0.4, 0.5) is 13.2 Å². The molecule has 0 N–H and O–H groups in total. The molecule has 0 spiro atoms. The molecule has 0 saturated heterocycles. The molecule has 0 bridgehead atoms. The van der Waals surface area contributed by atoms with Gasteiger partial charge in [0, 0.05) is 0 Å². The van der Waals surface area contributed by atoms with Crippen LogP contribution in [0.25, 0.3) is 0 Å². The lowest BCUT2D eigenvalue weighted by molar-refractivity contribution is -0.179. The molecule has 2 nitrogen and oxygen atoms in total. The number of hydrogen-bond acceptors (Lipinski definition) is 2. The van der Waals surface area contributed by atoms with E-state index in [-0.39, 0.29) is 0 Å². The summed E-state index contributed by atoms with van der Waals surface area (Å²) in [6, 6.07) is 0. The molecule has 0 heterocycles. The largest absolute Gasteiger partial charge is 0.460 e. The Kier molecular flexibility index (Phi) is 4.83. The highest BCUT2D eigenvalue weighted by Crippen LogP contribution is 2.30. The smallest absolute Gasteiger partial charge is 0.389 e. The standard InChI is InChI=1S/C11H19F3O2/c1-7(2)8(6-11(12,13)14)9(15)16-10(3,4)5/h7-8H,6H2,1-5H3. The van der Waals surface area contributed by atoms with Gasteiger partial charge >= 0.3 is 12.1 Å². The molecule has 0 aliphatic rings. The number of rotatable bonds is 3. The number of carbonyl (C=O) groups is 1. The van der Waals surface area contributed by atoms with Gasteiger partial charge in [-0.25, -0.2) is 0 Å². The maximum absolute atomic E-state index is 12.3. The fraction of sp³-hybridized carbons (Fsp3) is 0.909. The third-order valence-corrected chi connectivity index (χ3v) is 1.97. The third-order valence-electron chi connectivity index (χ3n) is 1.97. The van der Waals surface area contributed by atoms with Crippen LogP contribution < -0.4 is 0 Å². The number of alkyl halides is 3. The van der Waals surface area contributed by atoms with E-state index in [2.05, 4.69) is 0 Å². The molecule has 5 heteroatoms. The third kappa shape index (κ3) is 6.69. The second-order valence-electron chi connectivity index (χ2n) is 5.20. The van der Waals surface area contributed by atoms with Crippen molar-refractivity contribution in [3.05, 3.63) is 0 Å². The normalized spacial score (nSPS) is 15.1. The lowest BCUT2D eigenvalue weighted by atomic mass is 9.92. The first kappa shape index (κ1) is 15.3. The van der Waals surface area contributed by atoms with Crippen molar-refractivity contribution in [2.75, 3.05) is 0 Å². The van der Waals surface area contributed by atoms with Gasteiger partial charge in [0.25, 0.3) is 0 Å². The minimum atomic E-state index is -4.34. The first-order chi connectivity index (χ1) is 6.92. The molecule has 0 saturated carbocycles. The number of hydrogen-bond donors (Lipinski definition) is 0. The Morgan fingerprint density at radius 2 is 1.62 bits per heavy atom. The molecule has 1 atom stereocenters. The second kappa shape index (κ2) is 5.06. The number of halogens is 3. The molecule has 0 amide bonds. The van der Waals surface area contributed by atoms with Crippen molar-refractivity contribution in [3.63, 3.8) is 0 Å². The van der Waals surface area contributed by atoms with Crippen LogP contribution in [0.3, 0.4) is 0 Å². The first-order valence-corrected chi connectivity index (χ1v) is 5.22. The monoisotopic (exact) mass is 240 g/mol. The van der Waals surface area contributed by atoms with Crippen LogP contribution in [0.15, 0.2) is 0 Å². The predicted molar refractivity (Wildman–Crippen MR) is 54.8 cm³/mol. The molecule has 16 heavy (non-hydrogen) atoms. The Morgan fingerprint density at radius 3 is 1.88 bits per heavy atom. The molecule has 0 aromatic heterocycles. The van der Waals surface area contributed by atoms with Gasteiger partial charge in [-0.05, 0) is 26.7 Å². The molecule has 1 unspecified atom stereocenters. The summed E-state index contributed by atoms with van der Waals surface area (Å²) in [5.74, 6) is -2.30. The van der Waals surface area contributed by atoms with Crippen molar-refractivity contribution in [3.8, 4) is 0 Å². The van der Waals surface area contributed by atoms with E-state index in [4.69, 9.17) is 4.74 Å². The topological polar surface area (TPSA) is 26.3 Å². The minimum absolute atomic E-state index is 0.392. The van der Waals surface area contributed by atoms with Crippen molar-refractivity contribution < 1.29 is 22.7 Å². The quantitative estimate of drug-likeness (QED) is 0.705. The van der Waals surface area contributed by atoms with Gasteiger partial charge in [0.2, 0.25) is 0 Å². The summed E-state index contributed by atoms with van der Waals surface area (Å²) in [6.07, 6.45) is -5.47. The average Bonchev–Trinajstić information content (AvgIpc) is 1.94. The predicted octanol–water partition coefficient (Wildman–Crippen LogP) is 3.55. The van der Waals surface area contributed by atoms with Gasteiger partial charge in [0.15, 0.2) is 0 Å². The first-order valence-electron chi connectivity index (χ1n) is 5.22. The van der Waals surface area contributed by atoms with Gasteiger partial charge in [-0.3, -0.25) is 4.79 Å². The fourth-order valence-electron chi connectivity index (χ4n) is 1.22. The van der Waals surface area contributed by atoms with Gasteiger partial charge < -0.3 is 4.74 Å². The zero-order valence-corrected chi connectivity index (χ0v) is 10.3. The Bertz CT molecular complexity index is 239. The molecule has 0 aliphatic heterocycles. The number of carbonyl (C=O) groups excluding carboxylic acids is 1. The number of esters is 1. The van der Waals surface area contributed by atoms with Gasteiger partial charge in [0.05, 0.1) is 12.3 Å². The van der Waals surface area contributed by atoms with Crippen molar-refractivity contribution >= 4 is 5.97 Å². The van der Waals surface area contributed by atoms with Crippen LogP contribution in [0.1, 0.15) is 41.0 Å². The van der Waals surface area contributed by atoms with Crippen LogP contribution in [-0.4, -0.2) is 17.7 Å². The summed E-state index contributed by atoms with van der Waals surface area (Å²) < 4.78 is 41.7. The maximum Gasteiger partial charge on any atom is 0.389 e. The van der Waals surface area contributed by atoms with Gasteiger partial charge in [-0.2, -0.15) is 13.2 Å². The molecule has 0 aliphatic carbocycles. The summed E-state index contributed by atoms with van der Waals surface area (Å²) in [5.41, 5.74) is -0.754. The minimum Gasteiger partial charge on any atom is -0.460 e. The highest BCUT2D eigenvalue weighted by Gasteiger charge is 2.38. The fourth-order valence-corrected chi connectivity index (χ4v) is 1.22. The van der Waals surface area contributed by atoms with Gasteiger partial charge in [-0.1, -0.05) is 13.8 Å². The van der Waals surface area contributed by atoms with E-state index in [0.29, 0.717) is 0 Å². The SMILES string of the molecule is CC(C)C(CC(F)(F)F)C(=O)OC(C)(C)C. The Hall–Kier alpha value is -0.740. The van der Waals surface area contributed by atoms with E-state index in [0.717, 1.165) is 0 Å². The van der Waals surface area contributed by atoms with Gasteiger partial charge in [0.1, 0.15) is 5.60 Å². The van der Waals surface area contributed by atoms with Crippen LogP contribution in [-0.2, 0) is 9.53 Å². The van der Waals surface area contributed by atoms with Crippen molar-refractivity contribution in [1.82, 2.24) is 0 Å². The second-order valence-corrected chi connectivity index (χ2v) is 5.20. The van der Waals surface area contributed by atoms with Crippen LogP contribution >= 0.6 is 0 Å². The van der Waals surface area contributed by atoms with E-state index >= 15 is 0 Å². The number of ether oxygens (including phenoxy) is 1. The highest BCUT2D eigenvalue weighted by molar-refractivity contribution is 5.73. The van der Waals surface area contributed by atoms with E-state index in [1.807, 2.05) is 0 Å². The summed E-state index contributed by atoms with van der Waals surface area (Å²) in [5, 5.41) is 0. The van der Waals surface area contributed by atoms with E-state index < -0.39 is 36.0 Å². The molecular weight excluding hydrogens is 221 g/mol. The van der Waals surface area contributed by atoms with E-state index in [9.17, 15) is 18.0 Å². The molecule has 96 valence electrons. The summed E-state index contributed by atoms with van der Waals surface area (Å²) in [7, 11) is 0. The highest BCUT2D eigenvalue weighted by atomic mass is 19.4. The summed E-state index contributed by atoms with van der Waals surface area (Å²) in [4.78, 5) is 11.6. The Balaban J connectivity index is 4.62. The average molecular weight is 240 g/mol. The summed E-state index contributed by atoms with van der Waals surface area (Å²) in [6.45, 7) is 8.07. The molecule has 0 aromatic carbocycles. The van der Waals surface area contributed by atoms with E-state index in [1.54, 1.807) is 34.6 Å². The molecular formula is C11H19F3O2. The van der Waals surface area contributed by atoms with Crippen LogP contribution in [0, 0.1) is 11.8 Å². The Morgan fingerprint density at radius 1 is 1.19 bits per heavy atom. The molecule has 0 aromatic rings. The van der Waals surface area contributed by atoms with Crippen molar-refractivity contribution in [2.24, 2.45) is 11.8 Å². The zero-order valence-electron chi connectivity index (χ0n) is 10.3. The Labute approximate surface area is 94.2 Å². The van der Waals surface area contributed by atoms with Crippen LogP contribution in [0.5, 0.6) is 0 Å². The molecule has 0 fully saturated rings. The zero-order chi connectivity index (χ0) is 13.1. The lowest BCUT2D eigenvalue weighted by Gasteiger charge is -2.26. The van der Waals surface area contributed by atoms with Crippen LogP contribution in [0.2, 0.25) is 0 Å². The molecule has 0 rings (SSSR count). The van der Waals surface area contributed by atoms with E-state index in [1.165, 1.54) is 0 Å². The van der Waals surface area contributed by atoms with Crippen molar-refractivity contribution in [2.45, 2.75) is 52.8 Å². The molecule has 0 radical (unpaired) electrons. The van der Waals surface area contributed by atoms with Gasteiger partial charge in [-0.15, -0.1) is 0 Å².